The molecule has 1 aromatic carbocycles. The number of carbonyl (C=O) groups excluding carboxylic acids is 1. The van der Waals surface area contributed by atoms with Crippen molar-refractivity contribution in [3.05, 3.63) is 29.8 Å². The summed E-state index contributed by atoms with van der Waals surface area (Å²) in [7, 11) is 0. The molecule has 0 unspecified atom stereocenters. The van der Waals surface area contributed by atoms with Crippen LogP contribution >= 0.6 is 0 Å². The number of benzene rings is 1. The maximum atomic E-state index is 12.1. The Morgan fingerprint density at radius 3 is 2.55 bits per heavy atom. The summed E-state index contributed by atoms with van der Waals surface area (Å²) in [5, 5.41) is 11.1. The molecule has 0 radical (unpaired) electrons. The summed E-state index contributed by atoms with van der Waals surface area (Å²) in [6.45, 7) is 1.19. The molecule has 5 nitrogen and oxygen atoms in total. The van der Waals surface area contributed by atoms with E-state index in [2.05, 4.69) is 10.1 Å². The third-order valence-electron chi connectivity index (χ3n) is 2.25. The second-order valence-electron chi connectivity index (χ2n) is 3.97. The lowest BCUT2D eigenvalue weighted by molar-refractivity contribution is -0.274. The smallest absolute Gasteiger partial charge is 0.481 e. The van der Waals surface area contributed by atoms with E-state index >= 15 is 0 Å². The van der Waals surface area contributed by atoms with E-state index in [1.165, 1.54) is 19.1 Å². The van der Waals surface area contributed by atoms with Crippen LogP contribution in [0.4, 0.5) is 13.2 Å². The summed E-state index contributed by atoms with van der Waals surface area (Å²) in [4.78, 5) is 21.7. The molecule has 0 saturated heterocycles. The lowest BCUT2D eigenvalue weighted by Crippen LogP contribution is -2.28. The number of hydrogen-bond donors (Lipinski definition) is 2. The van der Waals surface area contributed by atoms with E-state index in [1.54, 1.807) is 0 Å². The molecule has 110 valence electrons. The number of alkyl halides is 3. The number of aliphatic carboxylic acids is 1. The highest BCUT2D eigenvalue weighted by molar-refractivity contribution is 5.75. The topological polar surface area (TPSA) is 75.6 Å². The van der Waals surface area contributed by atoms with Crippen LogP contribution in [0, 0.1) is 0 Å². The summed E-state index contributed by atoms with van der Waals surface area (Å²) in [6, 6.07) is 3.89. The van der Waals surface area contributed by atoms with Crippen LogP contribution in [0.2, 0.25) is 0 Å². The molecule has 0 fully saturated rings. The van der Waals surface area contributed by atoms with E-state index in [0.29, 0.717) is 0 Å². The van der Waals surface area contributed by atoms with Crippen molar-refractivity contribution in [3.8, 4) is 5.75 Å². The average molecular weight is 291 g/mol. The second kappa shape index (κ2) is 6.27. The average Bonchev–Trinajstić information content (AvgIpc) is 2.24. The van der Waals surface area contributed by atoms with E-state index in [9.17, 15) is 22.8 Å². The van der Waals surface area contributed by atoms with Gasteiger partial charge in [0.1, 0.15) is 5.75 Å². The molecule has 0 aliphatic rings. The van der Waals surface area contributed by atoms with Crippen molar-refractivity contribution in [2.24, 2.45) is 0 Å². The van der Waals surface area contributed by atoms with Gasteiger partial charge >= 0.3 is 12.3 Å². The van der Waals surface area contributed by atoms with Gasteiger partial charge in [0.05, 0.1) is 12.5 Å². The van der Waals surface area contributed by atoms with E-state index < -0.39 is 36.5 Å². The van der Waals surface area contributed by atoms with Gasteiger partial charge in [0.25, 0.3) is 0 Å². The Hall–Kier alpha value is -2.25. The molecular formula is C12H12F3NO4. The van der Waals surface area contributed by atoms with Crippen molar-refractivity contribution >= 4 is 11.9 Å². The SMILES string of the molecule is CC(=O)N[C@@H](CC(=O)O)c1cccc(OC(F)(F)F)c1. The Balaban J connectivity index is 2.98. The molecule has 1 aromatic rings. The van der Waals surface area contributed by atoms with E-state index in [-0.39, 0.29) is 5.56 Å². The zero-order chi connectivity index (χ0) is 15.3. The van der Waals surface area contributed by atoms with Crippen LogP contribution in [0.1, 0.15) is 24.9 Å². The Bertz CT molecular complexity index is 486. The molecule has 0 aromatic heterocycles. The predicted octanol–water partition coefficient (Wildman–Crippen LogP) is 2.24. The van der Waals surface area contributed by atoms with Gasteiger partial charge in [-0.25, -0.2) is 0 Å². The summed E-state index contributed by atoms with van der Waals surface area (Å²) in [5.41, 5.74) is 0.212. The molecule has 0 saturated carbocycles. The van der Waals surface area contributed by atoms with Gasteiger partial charge < -0.3 is 15.2 Å². The van der Waals surface area contributed by atoms with Crippen LogP contribution in [0.5, 0.6) is 5.75 Å². The van der Waals surface area contributed by atoms with Crippen molar-refractivity contribution in [3.63, 3.8) is 0 Å². The fourth-order valence-corrected chi connectivity index (χ4v) is 1.60. The quantitative estimate of drug-likeness (QED) is 0.872. The van der Waals surface area contributed by atoms with Gasteiger partial charge in [-0.05, 0) is 17.7 Å². The minimum atomic E-state index is -4.84. The molecule has 0 bridgehead atoms. The third kappa shape index (κ3) is 5.59. The number of ether oxygens (including phenoxy) is 1. The minimum absolute atomic E-state index is 0.212. The summed E-state index contributed by atoms with van der Waals surface area (Å²) in [6.07, 6.45) is -5.29. The Kier molecular flexibility index (Phi) is 4.95. The highest BCUT2D eigenvalue weighted by Gasteiger charge is 2.31. The molecule has 1 amide bonds. The maximum absolute atomic E-state index is 12.1. The highest BCUT2D eigenvalue weighted by Crippen LogP contribution is 2.26. The van der Waals surface area contributed by atoms with Crippen LogP contribution in [-0.2, 0) is 9.59 Å². The molecule has 1 atom stereocenters. The van der Waals surface area contributed by atoms with Crippen molar-refractivity contribution in [2.75, 3.05) is 0 Å². The van der Waals surface area contributed by atoms with Gasteiger partial charge in [-0.2, -0.15) is 0 Å². The number of halogens is 3. The highest BCUT2D eigenvalue weighted by atomic mass is 19.4. The van der Waals surface area contributed by atoms with E-state index in [0.717, 1.165) is 12.1 Å². The van der Waals surface area contributed by atoms with Gasteiger partial charge in [0, 0.05) is 6.92 Å². The summed E-state index contributed by atoms with van der Waals surface area (Å²) >= 11 is 0. The van der Waals surface area contributed by atoms with Crippen LogP contribution in [-0.4, -0.2) is 23.3 Å². The first-order valence-corrected chi connectivity index (χ1v) is 5.52. The van der Waals surface area contributed by atoms with Gasteiger partial charge in [-0.15, -0.1) is 13.2 Å². The number of nitrogens with one attached hydrogen (secondary N) is 1. The van der Waals surface area contributed by atoms with Crippen LogP contribution in [0.3, 0.4) is 0 Å². The second-order valence-corrected chi connectivity index (χ2v) is 3.97. The molecule has 0 heterocycles. The normalized spacial score (nSPS) is 12.6. The fourth-order valence-electron chi connectivity index (χ4n) is 1.60. The summed E-state index contributed by atoms with van der Waals surface area (Å²) < 4.78 is 40.1. The maximum Gasteiger partial charge on any atom is 0.573 e. The van der Waals surface area contributed by atoms with E-state index in [4.69, 9.17) is 5.11 Å². The molecule has 1 rings (SSSR count). The van der Waals surface area contributed by atoms with E-state index in [1.807, 2.05) is 0 Å². The Morgan fingerprint density at radius 1 is 1.40 bits per heavy atom. The van der Waals surface area contributed by atoms with Crippen molar-refractivity contribution < 1.29 is 32.6 Å². The number of amides is 1. The zero-order valence-electron chi connectivity index (χ0n) is 10.4. The fraction of sp³-hybridized carbons (Fsp3) is 0.333. The monoisotopic (exact) mass is 291 g/mol. The van der Waals surface area contributed by atoms with Crippen LogP contribution in [0.15, 0.2) is 24.3 Å². The predicted molar refractivity (Wildman–Crippen MR) is 61.9 cm³/mol. The van der Waals surface area contributed by atoms with Gasteiger partial charge in [0.15, 0.2) is 0 Å². The van der Waals surface area contributed by atoms with Crippen molar-refractivity contribution in [1.82, 2.24) is 5.32 Å². The number of rotatable bonds is 5. The van der Waals surface area contributed by atoms with Crippen molar-refractivity contribution in [1.29, 1.82) is 0 Å². The first-order chi connectivity index (χ1) is 9.17. The van der Waals surface area contributed by atoms with Crippen LogP contribution in [0.25, 0.3) is 0 Å². The van der Waals surface area contributed by atoms with Gasteiger partial charge in [0.2, 0.25) is 5.91 Å². The first kappa shape index (κ1) is 15.8. The molecular weight excluding hydrogens is 279 g/mol. The number of carbonyl (C=O) groups is 2. The zero-order valence-corrected chi connectivity index (χ0v) is 10.4. The summed E-state index contributed by atoms with van der Waals surface area (Å²) in [5.74, 6) is -2.15. The van der Waals surface area contributed by atoms with Crippen molar-refractivity contribution in [2.45, 2.75) is 25.7 Å². The molecule has 2 N–H and O–H groups in total. The number of carboxylic acids is 1. The number of hydrogen-bond acceptors (Lipinski definition) is 3. The lowest BCUT2D eigenvalue weighted by Gasteiger charge is -2.17. The molecule has 0 spiro atoms. The van der Waals surface area contributed by atoms with Gasteiger partial charge in [-0.3, -0.25) is 9.59 Å². The first-order valence-electron chi connectivity index (χ1n) is 5.52. The largest absolute Gasteiger partial charge is 0.573 e. The lowest BCUT2D eigenvalue weighted by atomic mass is 10.0. The Labute approximate surface area is 112 Å². The molecule has 20 heavy (non-hydrogen) atoms. The third-order valence-corrected chi connectivity index (χ3v) is 2.25. The Morgan fingerprint density at radius 2 is 2.05 bits per heavy atom. The molecule has 8 heteroatoms. The molecule has 0 aliphatic heterocycles. The van der Waals surface area contributed by atoms with Crippen LogP contribution < -0.4 is 10.1 Å². The van der Waals surface area contributed by atoms with Gasteiger partial charge in [-0.1, -0.05) is 12.1 Å². The minimum Gasteiger partial charge on any atom is -0.481 e. The molecule has 0 aliphatic carbocycles. The standard InChI is InChI=1S/C12H12F3NO4/c1-7(17)16-10(6-11(18)19)8-3-2-4-9(5-8)20-12(13,14)15/h2-5,10H,6H2,1H3,(H,16,17)(H,18,19)/t10-/m0/s1. The number of carboxylic acid groups (broad SMARTS) is 1.